The Morgan fingerprint density at radius 3 is 2.58 bits per heavy atom. The lowest BCUT2D eigenvalue weighted by Gasteiger charge is -2.34. The number of rotatable bonds is 3. The number of nitrogens with zero attached hydrogens (tertiary/aromatic N) is 1. The van der Waals surface area contributed by atoms with Crippen molar-refractivity contribution in [3.63, 3.8) is 0 Å². The maximum Gasteiger partial charge on any atom is 0.410 e. The predicted octanol–water partition coefficient (Wildman–Crippen LogP) is 0.630. The van der Waals surface area contributed by atoms with Gasteiger partial charge in [0.25, 0.3) is 0 Å². The first-order valence-corrected chi connectivity index (χ1v) is 8.52. The lowest BCUT2D eigenvalue weighted by Crippen LogP contribution is -2.53. The average molecular weight is 292 g/mol. The van der Waals surface area contributed by atoms with Gasteiger partial charge in [-0.1, -0.05) is 0 Å². The summed E-state index contributed by atoms with van der Waals surface area (Å²) in [4.78, 5) is 13.6. The smallest absolute Gasteiger partial charge is 0.410 e. The van der Waals surface area contributed by atoms with Gasteiger partial charge >= 0.3 is 6.09 Å². The minimum absolute atomic E-state index is 0.0102. The largest absolute Gasteiger partial charge is 0.444 e. The summed E-state index contributed by atoms with van der Waals surface area (Å²) in [5.74, 6) is 0.132. The zero-order valence-corrected chi connectivity index (χ0v) is 12.9. The Morgan fingerprint density at radius 1 is 1.42 bits per heavy atom. The lowest BCUT2D eigenvalue weighted by atomic mass is 10.1. The fourth-order valence-electron chi connectivity index (χ4n) is 1.87. The molecule has 0 radical (unpaired) electrons. The second-order valence-corrected chi connectivity index (χ2v) is 8.26. The Balaban J connectivity index is 2.48. The SMILES string of the molecule is CC(C)(C)OC(=O)N1CCNC(CCS(C)(=O)=O)C1. The fourth-order valence-corrected chi connectivity index (χ4v) is 2.58. The summed E-state index contributed by atoms with van der Waals surface area (Å²) < 4.78 is 27.6. The number of carbonyl (C=O) groups excluding carboxylic acids is 1. The average Bonchev–Trinajstić information content (AvgIpc) is 2.23. The van der Waals surface area contributed by atoms with Gasteiger partial charge in [-0.05, 0) is 27.2 Å². The summed E-state index contributed by atoms with van der Waals surface area (Å²) in [6, 6.07) is 0.0102. The van der Waals surface area contributed by atoms with Gasteiger partial charge in [-0.25, -0.2) is 13.2 Å². The highest BCUT2D eigenvalue weighted by molar-refractivity contribution is 7.90. The van der Waals surface area contributed by atoms with Gasteiger partial charge in [0.1, 0.15) is 15.4 Å². The van der Waals surface area contributed by atoms with Gasteiger partial charge in [-0.15, -0.1) is 0 Å². The first kappa shape index (κ1) is 16.2. The van der Waals surface area contributed by atoms with Crippen molar-refractivity contribution in [2.45, 2.75) is 38.8 Å². The van der Waals surface area contributed by atoms with E-state index >= 15 is 0 Å². The topological polar surface area (TPSA) is 75.7 Å². The van der Waals surface area contributed by atoms with Crippen molar-refractivity contribution in [3.8, 4) is 0 Å². The first-order chi connectivity index (χ1) is 8.57. The molecule has 1 saturated heterocycles. The van der Waals surface area contributed by atoms with Crippen LogP contribution in [0.25, 0.3) is 0 Å². The van der Waals surface area contributed by atoms with Crippen LogP contribution >= 0.6 is 0 Å². The van der Waals surface area contributed by atoms with Crippen LogP contribution in [0.1, 0.15) is 27.2 Å². The number of sulfone groups is 1. The maximum absolute atomic E-state index is 11.9. The van der Waals surface area contributed by atoms with Crippen LogP contribution in [0.4, 0.5) is 4.79 Å². The van der Waals surface area contributed by atoms with Crippen LogP contribution in [0, 0.1) is 0 Å². The van der Waals surface area contributed by atoms with Crippen molar-refractivity contribution < 1.29 is 17.9 Å². The first-order valence-electron chi connectivity index (χ1n) is 6.46. The molecule has 1 heterocycles. The second-order valence-electron chi connectivity index (χ2n) is 6.00. The molecule has 0 spiro atoms. The van der Waals surface area contributed by atoms with Crippen molar-refractivity contribution >= 4 is 15.9 Å². The third-order valence-electron chi connectivity index (χ3n) is 2.74. The molecule has 1 atom stereocenters. The molecule has 1 fully saturated rings. The quantitative estimate of drug-likeness (QED) is 0.825. The summed E-state index contributed by atoms with van der Waals surface area (Å²) in [7, 11) is -2.96. The molecule has 0 aliphatic carbocycles. The Kier molecular flexibility index (Phi) is 5.20. The fraction of sp³-hybridized carbons (Fsp3) is 0.917. The van der Waals surface area contributed by atoms with Crippen LogP contribution in [0.2, 0.25) is 0 Å². The van der Waals surface area contributed by atoms with Crippen molar-refractivity contribution in [2.24, 2.45) is 0 Å². The Bertz CT molecular complexity index is 414. The standard InChI is InChI=1S/C12H24N2O4S/c1-12(2,3)18-11(15)14-7-6-13-10(9-14)5-8-19(4,16)17/h10,13H,5-9H2,1-4H3. The highest BCUT2D eigenvalue weighted by Crippen LogP contribution is 2.12. The van der Waals surface area contributed by atoms with Crippen molar-refractivity contribution in [3.05, 3.63) is 0 Å². The van der Waals surface area contributed by atoms with Gasteiger partial charge in [-0.3, -0.25) is 0 Å². The van der Waals surface area contributed by atoms with E-state index in [1.54, 1.807) is 4.90 Å². The van der Waals surface area contributed by atoms with E-state index in [2.05, 4.69) is 5.32 Å². The molecule has 1 N–H and O–H groups in total. The van der Waals surface area contributed by atoms with Gasteiger partial charge in [0, 0.05) is 31.9 Å². The molecule has 0 saturated carbocycles. The van der Waals surface area contributed by atoms with Crippen LogP contribution in [0.5, 0.6) is 0 Å². The number of hydrogen-bond acceptors (Lipinski definition) is 5. The highest BCUT2D eigenvalue weighted by Gasteiger charge is 2.27. The molecular formula is C12H24N2O4S. The van der Waals surface area contributed by atoms with Crippen LogP contribution < -0.4 is 5.32 Å². The molecule has 7 heteroatoms. The van der Waals surface area contributed by atoms with Gasteiger partial charge in [0.2, 0.25) is 0 Å². The third kappa shape index (κ3) is 6.77. The Morgan fingerprint density at radius 2 is 2.05 bits per heavy atom. The minimum atomic E-state index is -2.96. The number of ether oxygens (including phenoxy) is 1. The summed E-state index contributed by atoms with van der Waals surface area (Å²) in [6.07, 6.45) is 1.40. The molecule has 0 aromatic rings. The molecule has 1 aliphatic rings. The normalized spacial score (nSPS) is 21.3. The van der Waals surface area contributed by atoms with Gasteiger partial charge in [-0.2, -0.15) is 0 Å². The minimum Gasteiger partial charge on any atom is -0.444 e. The number of nitrogens with one attached hydrogen (secondary N) is 1. The van der Waals surface area contributed by atoms with Crippen LogP contribution in [-0.2, 0) is 14.6 Å². The third-order valence-corrected chi connectivity index (χ3v) is 3.72. The maximum atomic E-state index is 11.9. The summed E-state index contributed by atoms with van der Waals surface area (Å²) in [5, 5.41) is 3.23. The van der Waals surface area contributed by atoms with Gasteiger partial charge in [0.05, 0.1) is 5.75 Å². The molecule has 1 aliphatic heterocycles. The molecule has 19 heavy (non-hydrogen) atoms. The molecular weight excluding hydrogens is 268 g/mol. The van der Waals surface area contributed by atoms with E-state index in [4.69, 9.17) is 4.74 Å². The molecule has 1 amide bonds. The van der Waals surface area contributed by atoms with E-state index in [9.17, 15) is 13.2 Å². The monoisotopic (exact) mass is 292 g/mol. The molecule has 0 bridgehead atoms. The van der Waals surface area contributed by atoms with E-state index < -0.39 is 15.4 Å². The molecule has 1 rings (SSSR count). The van der Waals surface area contributed by atoms with Gasteiger partial charge in [0.15, 0.2) is 0 Å². The summed E-state index contributed by atoms with van der Waals surface area (Å²) >= 11 is 0. The zero-order valence-electron chi connectivity index (χ0n) is 12.1. The van der Waals surface area contributed by atoms with Crippen molar-refractivity contribution in [1.82, 2.24) is 10.2 Å². The van der Waals surface area contributed by atoms with Crippen molar-refractivity contribution in [1.29, 1.82) is 0 Å². The number of hydrogen-bond donors (Lipinski definition) is 1. The second kappa shape index (κ2) is 6.09. The van der Waals surface area contributed by atoms with E-state index in [1.165, 1.54) is 6.26 Å². The van der Waals surface area contributed by atoms with E-state index in [0.29, 0.717) is 26.1 Å². The predicted molar refractivity (Wildman–Crippen MR) is 73.9 cm³/mol. The van der Waals surface area contributed by atoms with Crippen LogP contribution in [0.15, 0.2) is 0 Å². The number of amides is 1. The van der Waals surface area contributed by atoms with Crippen LogP contribution in [-0.4, -0.2) is 62.7 Å². The number of piperazine rings is 1. The lowest BCUT2D eigenvalue weighted by molar-refractivity contribution is 0.0195. The molecule has 1 unspecified atom stereocenters. The number of carbonyl (C=O) groups is 1. The Labute approximate surface area is 115 Å². The van der Waals surface area contributed by atoms with E-state index in [1.807, 2.05) is 20.8 Å². The van der Waals surface area contributed by atoms with Crippen LogP contribution in [0.3, 0.4) is 0 Å². The van der Waals surface area contributed by atoms with Crippen molar-refractivity contribution in [2.75, 3.05) is 31.6 Å². The summed E-state index contributed by atoms with van der Waals surface area (Å²) in [6.45, 7) is 7.22. The molecule has 0 aromatic heterocycles. The molecule has 112 valence electrons. The summed E-state index contributed by atoms with van der Waals surface area (Å²) in [5.41, 5.74) is -0.510. The van der Waals surface area contributed by atoms with E-state index in [-0.39, 0.29) is 17.9 Å². The Hall–Kier alpha value is -0.820. The van der Waals surface area contributed by atoms with Gasteiger partial charge < -0.3 is 15.0 Å². The van der Waals surface area contributed by atoms with E-state index in [0.717, 1.165) is 0 Å². The molecule has 6 nitrogen and oxygen atoms in total. The zero-order chi connectivity index (χ0) is 14.7. The highest BCUT2D eigenvalue weighted by atomic mass is 32.2. The molecule has 0 aromatic carbocycles.